The zero-order valence-electron chi connectivity index (χ0n) is 11.4. The van der Waals surface area contributed by atoms with Crippen LogP contribution in [0.2, 0.25) is 0 Å². The molecule has 4 nitrogen and oxygen atoms in total. The molecule has 0 saturated heterocycles. The number of rotatable bonds is 5. The third-order valence-electron chi connectivity index (χ3n) is 2.71. The second-order valence-electron chi connectivity index (χ2n) is 4.63. The van der Waals surface area contributed by atoms with Gasteiger partial charge in [-0.2, -0.15) is 0 Å². The normalized spacial score (nSPS) is 10.3. The summed E-state index contributed by atoms with van der Waals surface area (Å²) in [5.74, 6) is -0.0174. The van der Waals surface area contributed by atoms with E-state index in [0.29, 0.717) is 12.2 Å². The van der Waals surface area contributed by atoms with Gasteiger partial charge in [-0.25, -0.2) is 0 Å². The lowest BCUT2D eigenvalue weighted by Crippen LogP contribution is -2.37. The molecular formula is C14H20N2O2. The Balaban J connectivity index is 2.75. The van der Waals surface area contributed by atoms with Crippen LogP contribution in [0.15, 0.2) is 24.3 Å². The van der Waals surface area contributed by atoms with Crippen molar-refractivity contribution in [3.05, 3.63) is 29.8 Å². The Morgan fingerprint density at radius 3 is 2.44 bits per heavy atom. The monoisotopic (exact) mass is 248 g/mol. The predicted molar refractivity (Wildman–Crippen MR) is 72.7 cm³/mol. The van der Waals surface area contributed by atoms with Gasteiger partial charge >= 0.3 is 0 Å². The van der Waals surface area contributed by atoms with Gasteiger partial charge in [0.05, 0.1) is 6.67 Å². The second-order valence-corrected chi connectivity index (χ2v) is 4.63. The highest BCUT2D eigenvalue weighted by atomic mass is 16.2. The average Bonchev–Trinajstić information content (AvgIpc) is 2.35. The minimum Gasteiger partial charge on any atom is -0.356 e. The van der Waals surface area contributed by atoms with Gasteiger partial charge in [-0.1, -0.05) is 26.0 Å². The molecule has 0 spiro atoms. The lowest BCUT2D eigenvalue weighted by atomic mass is 10.1. The molecule has 0 heterocycles. The van der Waals surface area contributed by atoms with Gasteiger partial charge in [-0.05, 0) is 19.1 Å². The maximum Gasteiger partial charge on any atom is 0.223 e. The summed E-state index contributed by atoms with van der Waals surface area (Å²) >= 11 is 0. The zero-order valence-corrected chi connectivity index (χ0v) is 11.4. The van der Waals surface area contributed by atoms with Crippen molar-refractivity contribution in [2.24, 2.45) is 5.92 Å². The number of nitrogens with zero attached hydrogens (tertiary/aromatic N) is 1. The Kier molecular flexibility index (Phi) is 4.89. The van der Waals surface area contributed by atoms with Crippen molar-refractivity contribution >= 4 is 17.4 Å². The van der Waals surface area contributed by atoms with Gasteiger partial charge in [0.1, 0.15) is 0 Å². The molecule has 1 N–H and O–H groups in total. The molecule has 0 aliphatic rings. The molecule has 0 radical (unpaired) electrons. The third-order valence-corrected chi connectivity index (χ3v) is 2.71. The van der Waals surface area contributed by atoms with E-state index in [1.165, 1.54) is 0 Å². The standard InChI is InChI=1S/C14H20N2O2/c1-10(2)14(18)15-9-16(4)13-8-6-5-7-12(13)11(3)17/h5-8,10H,9H2,1-4H3,(H,15,18). The molecule has 0 fully saturated rings. The second kappa shape index (κ2) is 6.19. The van der Waals surface area contributed by atoms with E-state index < -0.39 is 0 Å². The summed E-state index contributed by atoms with van der Waals surface area (Å²) < 4.78 is 0. The van der Waals surface area contributed by atoms with Crippen LogP contribution >= 0.6 is 0 Å². The van der Waals surface area contributed by atoms with Crippen LogP contribution in [0.5, 0.6) is 0 Å². The molecule has 18 heavy (non-hydrogen) atoms. The Hall–Kier alpha value is -1.84. The molecule has 0 aliphatic carbocycles. The molecule has 0 bridgehead atoms. The van der Waals surface area contributed by atoms with Crippen LogP contribution in [0.1, 0.15) is 31.1 Å². The molecule has 0 atom stereocenters. The summed E-state index contributed by atoms with van der Waals surface area (Å²) in [7, 11) is 1.85. The highest BCUT2D eigenvalue weighted by Crippen LogP contribution is 2.18. The summed E-state index contributed by atoms with van der Waals surface area (Å²) in [6.07, 6.45) is 0. The van der Waals surface area contributed by atoms with Crippen LogP contribution in [0.4, 0.5) is 5.69 Å². The lowest BCUT2D eigenvalue weighted by Gasteiger charge is -2.22. The van der Waals surface area contributed by atoms with Gasteiger partial charge in [0.2, 0.25) is 5.91 Å². The molecule has 0 unspecified atom stereocenters. The summed E-state index contributed by atoms with van der Waals surface area (Å²) in [4.78, 5) is 24.9. The number of carbonyl (C=O) groups is 2. The molecule has 0 aromatic heterocycles. The predicted octanol–water partition coefficient (Wildman–Crippen LogP) is 2.06. The van der Waals surface area contributed by atoms with Crippen LogP contribution in [-0.4, -0.2) is 25.4 Å². The van der Waals surface area contributed by atoms with Gasteiger partial charge in [-0.3, -0.25) is 9.59 Å². The Bertz CT molecular complexity index is 441. The van der Waals surface area contributed by atoms with Gasteiger partial charge in [0.15, 0.2) is 5.78 Å². The van der Waals surface area contributed by atoms with Crippen LogP contribution in [0, 0.1) is 5.92 Å². The lowest BCUT2D eigenvalue weighted by molar-refractivity contribution is -0.123. The van der Waals surface area contributed by atoms with Crippen LogP contribution < -0.4 is 10.2 Å². The Labute approximate surface area is 108 Å². The fourth-order valence-electron chi connectivity index (χ4n) is 1.59. The van der Waals surface area contributed by atoms with E-state index in [2.05, 4.69) is 5.32 Å². The topological polar surface area (TPSA) is 49.4 Å². The van der Waals surface area contributed by atoms with Gasteiger partial charge in [-0.15, -0.1) is 0 Å². The number of amides is 1. The Morgan fingerprint density at radius 2 is 1.89 bits per heavy atom. The fourth-order valence-corrected chi connectivity index (χ4v) is 1.59. The number of hydrogen-bond acceptors (Lipinski definition) is 3. The minimum atomic E-state index is -0.0403. The SMILES string of the molecule is CC(=O)c1ccccc1N(C)CNC(=O)C(C)C. The first-order chi connectivity index (χ1) is 8.43. The van der Waals surface area contributed by atoms with Crippen molar-refractivity contribution in [1.29, 1.82) is 0 Å². The largest absolute Gasteiger partial charge is 0.356 e. The van der Waals surface area contributed by atoms with E-state index in [-0.39, 0.29) is 17.6 Å². The van der Waals surface area contributed by atoms with E-state index in [0.717, 1.165) is 5.69 Å². The van der Waals surface area contributed by atoms with E-state index in [4.69, 9.17) is 0 Å². The number of benzene rings is 1. The summed E-state index contributed by atoms with van der Waals surface area (Å²) in [6, 6.07) is 7.38. The molecule has 98 valence electrons. The van der Waals surface area contributed by atoms with E-state index in [1.807, 2.05) is 44.0 Å². The van der Waals surface area contributed by atoms with Crippen LogP contribution in [-0.2, 0) is 4.79 Å². The summed E-state index contributed by atoms with van der Waals surface area (Å²) in [5.41, 5.74) is 1.49. The van der Waals surface area contributed by atoms with Crippen LogP contribution in [0.25, 0.3) is 0 Å². The van der Waals surface area contributed by atoms with Crippen molar-refractivity contribution in [2.75, 3.05) is 18.6 Å². The quantitative estimate of drug-likeness (QED) is 0.641. The minimum absolute atomic E-state index is 0.00200. The maximum absolute atomic E-state index is 11.5. The highest BCUT2D eigenvalue weighted by molar-refractivity contribution is 5.99. The number of para-hydroxylation sites is 1. The molecule has 4 heteroatoms. The Morgan fingerprint density at radius 1 is 1.28 bits per heavy atom. The fraction of sp³-hybridized carbons (Fsp3) is 0.429. The van der Waals surface area contributed by atoms with E-state index >= 15 is 0 Å². The molecule has 1 aromatic rings. The first-order valence-corrected chi connectivity index (χ1v) is 6.02. The van der Waals surface area contributed by atoms with Crippen molar-refractivity contribution in [3.63, 3.8) is 0 Å². The van der Waals surface area contributed by atoms with Crippen molar-refractivity contribution in [1.82, 2.24) is 5.32 Å². The number of Topliss-reactive ketones (excluding diaryl/α,β-unsaturated/α-hetero) is 1. The average molecular weight is 248 g/mol. The van der Waals surface area contributed by atoms with E-state index in [1.54, 1.807) is 13.0 Å². The number of hydrogen-bond donors (Lipinski definition) is 1. The molecular weight excluding hydrogens is 228 g/mol. The van der Waals surface area contributed by atoms with Gasteiger partial charge in [0.25, 0.3) is 0 Å². The van der Waals surface area contributed by atoms with Crippen molar-refractivity contribution in [2.45, 2.75) is 20.8 Å². The first-order valence-electron chi connectivity index (χ1n) is 6.02. The smallest absolute Gasteiger partial charge is 0.223 e. The number of anilines is 1. The third kappa shape index (κ3) is 3.58. The van der Waals surface area contributed by atoms with Crippen molar-refractivity contribution in [3.8, 4) is 0 Å². The van der Waals surface area contributed by atoms with Gasteiger partial charge in [0, 0.05) is 24.2 Å². The first kappa shape index (κ1) is 14.2. The van der Waals surface area contributed by atoms with Gasteiger partial charge < -0.3 is 10.2 Å². The number of nitrogens with one attached hydrogen (secondary N) is 1. The maximum atomic E-state index is 11.5. The number of carbonyl (C=O) groups excluding carboxylic acids is 2. The molecule has 0 saturated carbocycles. The number of ketones is 1. The van der Waals surface area contributed by atoms with Crippen LogP contribution in [0.3, 0.4) is 0 Å². The van der Waals surface area contributed by atoms with Crippen molar-refractivity contribution < 1.29 is 9.59 Å². The molecule has 1 aromatic carbocycles. The highest BCUT2D eigenvalue weighted by Gasteiger charge is 2.12. The van der Waals surface area contributed by atoms with E-state index in [9.17, 15) is 9.59 Å². The summed E-state index contributed by atoms with van der Waals surface area (Å²) in [6.45, 7) is 5.62. The molecule has 1 amide bonds. The zero-order chi connectivity index (χ0) is 13.7. The molecule has 1 rings (SSSR count). The summed E-state index contributed by atoms with van der Waals surface area (Å²) in [5, 5.41) is 2.82. The molecule has 0 aliphatic heterocycles.